The van der Waals surface area contributed by atoms with Gasteiger partial charge in [0.05, 0.1) is 17.4 Å². The van der Waals surface area contributed by atoms with Crippen molar-refractivity contribution in [3.8, 4) is 0 Å². The van der Waals surface area contributed by atoms with E-state index >= 15 is 0 Å². The van der Waals surface area contributed by atoms with Gasteiger partial charge in [0.15, 0.2) is 5.78 Å². The summed E-state index contributed by atoms with van der Waals surface area (Å²) in [5.41, 5.74) is -0.861. The number of methoxy groups -OCH3 is 1. The first-order chi connectivity index (χ1) is 13.3. The molecule has 8 nitrogen and oxygen atoms in total. The number of esters is 1. The Kier molecular flexibility index (Phi) is 4.33. The van der Waals surface area contributed by atoms with Crippen molar-refractivity contribution in [1.29, 1.82) is 0 Å². The number of fused-ring (bicyclic) bond motifs is 1. The lowest BCUT2D eigenvalue weighted by atomic mass is 9.54. The molecule has 0 aromatic heterocycles. The average Bonchev–Trinajstić information content (AvgIpc) is 3.08. The van der Waals surface area contributed by atoms with Crippen molar-refractivity contribution in [2.75, 3.05) is 20.2 Å². The molecule has 28 heavy (non-hydrogen) atoms. The smallest absolute Gasteiger partial charge is 0.316 e. The molecule has 5 atom stereocenters. The standard InChI is InChI=1S/C20H22N2O6/c1-11(23)13-10-21-8-7-20(14-5-3-4-6-15(14)22(26)27)16(21)9-12(13)17(18(20)24)19(25)28-2/h3-6,12-13,16-17H,7-10H2,1-2H3/t12-,13-,16-,17?,20+/m0/s1. The molecule has 0 N–H and O–H groups in total. The summed E-state index contributed by atoms with van der Waals surface area (Å²) < 4.78 is 4.93. The Morgan fingerprint density at radius 3 is 2.68 bits per heavy atom. The van der Waals surface area contributed by atoms with Gasteiger partial charge in [0, 0.05) is 30.1 Å². The summed E-state index contributed by atoms with van der Waals surface area (Å²) in [7, 11) is 1.23. The van der Waals surface area contributed by atoms with E-state index in [2.05, 4.69) is 4.90 Å². The van der Waals surface area contributed by atoms with Crippen LogP contribution in [-0.2, 0) is 24.5 Å². The van der Waals surface area contributed by atoms with E-state index in [1.807, 2.05) is 0 Å². The number of nitro benzene ring substituents is 1. The molecule has 2 saturated heterocycles. The zero-order chi connectivity index (χ0) is 20.2. The minimum absolute atomic E-state index is 0.0461. The predicted octanol–water partition coefficient (Wildman–Crippen LogP) is 1.50. The molecular weight excluding hydrogens is 364 g/mol. The quantitative estimate of drug-likeness (QED) is 0.334. The number of para-hydroxylation sites is 1. The number of ether oxygens (including phenoxy) is 1. The zero-order valence-corrected chi connectivity index (χ0v) is 15.8. The van der Waals surface area contributed by atoms with E-state index in [9.17, 15) is 24.5 Å². The van der Waals surface area contributed by atoms with Crippen LogP contribution in [0.15, 0.2) is 24.3 Å². The number of carbonyl (C=O) groups excluding carboxylic acids is 3. The molecule has 1 aromatic carbocycles. The van der Waals surface area contributed by atoms with E-state index in [0.29, 0.717) is 31.5 Å². The molecule has 2 bridgehead atoms. The first-order valence-corrected chi connectivity index (χ1v) is 9.43. The van der Waals surface area contributed by atoms with E-state index in [1.54, 1.807) is 18.2 Å². The predicted molar refractivity (Wildman–Crippen MR) is 97.5 cm³/mol. The largest absolute Gasteiger partial charge is 0.468 e. The number of piperidine rings is 1. The number of nitro groups is 1. The summed E-state index contributed by atoms with van der Waals surface area (Å²) in [5, 5.41) is 11.7. The van der Waals surface area contributed by atoms with Crippen LogP contribution in [0.1, 0.15) is 25.3 Å². The molecule has 1 aromatic rings. The Labute approximate surface area is 162 Å². The van der Waals surface area contributed by atoms with Crippen LogP contribution in [-0.4, -0.2) is 53.6 Å². The molecule has 148 valence electrons. The number of carbonyl (C=O) groups is 3. The van der Waals surface area contributed by atoms with Crippen molar-refractivity contribution in [1.82, 2.24) is 4.90 Å². The van der Waals surface area contributed by atoms with Crippen LogP contribution in [0.25, 0.3) is 0 Å². The van der Waals surface area contributed by atoms with Crippen LogP contribution in [0.2, 0.25) is 0 Å². The maximum Gasteiger partial charge on any atom is 0.316 e. The summed E-state index contributed by atoms with van der Waals surface area (Å²) in [6, 6.07) is 6.05. The van der Waals surface area contributed by atoms with Gasteiger partial charge < -0.3 is 4.74 Å². The highest BCUT2D eigenvalue weighted by atomic mass is 16.6. The zero-order valence-electron chi connectivity index (χ0n) is 15.8. The lowest BCUT2D eigenvalue weighted by Gasteiger charge is -2.52. The van der Waals surface area contributed by atoms with E-state index in [1.165, 1.54) is 20.1 Å². The fourth-order valence-corrected chi connectivity index (χ4v) is 5.76. The number of ketones is 2. The summed E-state index contributed by atoms with van der Waals surface area (Å²) in [6.07, 6.45) is 0.869. The molecule has 3 fully saturated rings. The number of Topliss-reactive ketones (excluding diaryl/α,β-unsaturated/α-hetero) is 2. The van der Waals surface area contributed by atoms with E-state index < -0.39 is 34.1 Å². The van der Waals surface area contributed by atoms with Gasteiger partial charge in [-0.15, -0.1) is 0 Å². The van der Waals surface area contributed by atoms with Crippen LogP contribution < -0.4 is 0 Å². The second kappa shape index (κ2) is 6.48. The van der Waals surface area contributed by atoms with Gasteiger partial charge in [-0.25, -0.2) is 0 Å². The lowest BCUT2D eigenvalue weighted by molar-refractivity contribution is -0.386. The Hall–Kier alpha value is -2.61. The summed E-state index contributed by atoms with van der Waals surface area (Å²) in [6.45, 7) is 2.52. The van der Waals surface area contributed by atoms with Crippen molar-refractivity contribution in [3.63, 3.8) is 0 Å². The van der Waals surface area contributed by atoms with Crippen molar-refractivity contribution in [2.24, 2.45) is 17.8 Å². The molecule has 2 aliphatic heterocycles. The van der Waals surface area contributed by atoms with Crippen LogP contribution in [0.5, 0.6) is 0 Å². The third-order valence-electron chi connectivity index (χ3n) is 6.96. The second-order valence-corrected chi connectivity index (χ2v) is 7.99. The highest BCUT2D eigenvalue weighted by Crippen LogP contribution is 2.56. The van der Waals surface area contributed by atoms with E-state index in [0.717, 1.165) is 0 Å². The molecule has 1 saturated carbocycles. The molecule has 4 rings (SSSR count). The van der Waals surface area contributed by atoms with Gasteiger partial charge in [-0.2, -0.15) is 0 Å². The number of benzene rings is 1. The Morgan fingerprint density at radius 2 is 2.04 bits per heavy atom. The summed E-state index contributed by atoms with van der Waals surface area (Å²) >= 11 is 0. The van der Waals surface area contributed by atoms with Crippen LogP contribution in [0.4, 0.5) is 5.69 Å². The fraction of sp³-hybridized carbons (Fsp3) is 0.550. The fourth-order valence-electron chi connectivity index (χ4n) is 5.76. The van der Waals surface area contributed by atoms with Gasteiger partial charge in [0.25, 0.3) is 5.69 Å². The van der Waals surface area contributed by atoms with E-state index in [4.69, 9.17) is 4.74 Å². The Bertz CT molecular complexity index is 883. The molecule has 1 aliphatic carbocycles. The van der Waals surface area contributed by atoms with Gasteiger partial charge in [-0.3, -0.25) is 29.4 Å². The average molecular weight is 386 g/mol. The van der Waals surface area contributed by atoms with Crippen molar-refractivity contribution >= 4 is 23.2 Å². The number of nitrogens with zero attached hydrogens (tertiary/aromatic N) is 2. The molecule has 8 heteroatoms. The summed E-state index contributed by atoms with van der Waals surface area (Å²) in [5.74, 6) is -2.95. The topological polar surface area (TPSA) is 107 Å². The van der Waals surface area contributed by atoms with Gasteiger partial charge in [-0.1, -0.05) is 18.2 Å². The van der Waals surface area contributed by atoms with E-state index in [-0.39, 0.29) is 23.3 Å². The number of rotatable bonds is 4. The Balaban J connectivity index is 1.91. The molecule has 3 aliphatic rings. The van der Waals surface area contributed by atoms with Gasteiger partial charge in [0.2, 0.25) is 0 Å². The SMILES string of the molecule is COC(=O)C1C(=O)[C@@]2(c3ccccc3[N+](=O)[O-])CCN3C[C@@H](C(C)=O)[C@@H]1C[C@H]32. The highest BCUT2D eigenvalue weighted by molar-refractivity contribution is 6.07. The lowest BCUT2D eigenvalue weighted by Crippen LogP contribution is -2.64. The Morgan fingerprint density at radius 1 is 1.32 bits per heavy atom. The van der Waals surface area contributed by atoms with Gasteiger partial charge in [0.1, 0.15) is 11.7 Å². The minimum Gasteiger partial charge on any atom is -0.468 e. The van der Waals surface area contributed by atoms with Crippen LogP contribution in [0.3, 0.4) is 0 Å². The first kappa shape index (κ1) is 18.7. The molecule has 0 radical (unpaired) electrons. The van der Waals surface area contributed by atoms with Crippen LogP contribution >= 0.6 is 0 Å². The summed E-state index contributed by atoms with van der Waals surface area (Å²) in [4.78, 5) is 52.0. The maximum absolute atomic E-state index is 13.8. The molecule has 1 unspecified atom stereocenters. The van der Waals surface area contributed by atoms with Crippen molar-refractivity contribution < 1.29 is 24.0 Å². The monoisotopic (exact) mass is 386 g/mol. The normalized spacial score (nSPS) is 34.1. The maximum atomic E-state index is 13.8. The molecule has 0 spiro atoms. The van der Waals surface area contributed by atoms with Gasteiger partial charge >= 0.3 is 5.97 Å². The third-order valence-corrected chi connectivity index (χ3v) is 6.96. The van der Waals surface area contributed by atoms with Crippen molar-refractivity contribution in [2.45, 2.75) is 31.2 Å². The molecule has 0 amide bonds. The number of hydrogen-bond donors (Lipinski definition) is 0. The van der Waals surface area contributed by atoms with Crippen LogP contribution in [0, 0.1) is 27.9 Å². The highest BCUT2D eigenvalue weighted by Gasteiger charge is 2.66. The molecular formula is C20H22N2O6. The minimum atomic E-state index is -1.12. The second-order valence-electron chi connectivity index (χ2n) is 7.99. The molecule has 2 heterocycles. The van der Waals surface area contributed by atoms with Gasteiger partial charge in [-0.05, 0) is 32.2 Å². The first-order valence-electron chi connectivity index (χ1n) is 9.43. The third kappa shape index (κ3) is 2.37. The van der Waals surface area contributed by atoms with Crippen molar-refractivity contribution in [3.05, 3.63) is 39.9 Å². The number of hydrogen-bond acceptors (Lipinski definition) is 7.